The van der Waals surface area contributed by atoms with Crippen LogP contribution in [-0.4, -0.2) is 23.1 Å². The highest BCUT2D eigenvalue weighted by Crippen LogP contribution is 2.32. The molecule has 98 valence electrons. The number of aliphatic carboxylic acids is 1. The summed E-state index contributed by atoms with van der Waals surface area (Å²) in [7, 11) is 0. The number of hydrogen-bond donors (Lipinski definition) is 1. The smallest absolute Gasteiger partial charge is 0.308 e. The lowest BCUT2D eigenvalue weighted by Crippen LogP contribution is -2.34. The third-order valence-corrected chi connectivity index (χ3v) is 3.74. The molecular formula is C13H22O4. The summed E-state index contributed by atoms with van der Waals surface area (Å²) in [6, 6.07) is 0. The van der Waals surface area contributed by atoms with Crippen LogP contribution in [0.25, 0.3) is 0 Å². The quantitative estimate of drug-likeness (QED) is 0.769. The fraction of sp³-hybridized carbons (Fsp3) is 0.846. The van der Waals surface area contributed by atoms with E-state index in [1.807, 2.05) is 20.8 Å². The second kappa shape index (κ2) is 6.03. The average Bonchev–Trinajstić information content (AvgIpc) is 2.27. The SMILES string of the molecule is CCC(C)C(=O)OC1CCC(C(=O)O)C(C)C1. The molecule has 0 radical (unpaired) electrons. The molecule has 0 aromatic rings. The van der Waals surface area contributed by atoms with Gasteiger partial charge in [-0.25, -0.2) is 0 Å². The van der Waals surface area contributed by atoms with E-state index in [9.17, 15) is 9.59 Å². The maximum atomic E-state index is 11.6. The van der Waals surface area contributed by atoms with Gasteiger partial charge in [-0.2, -0.15) is 0 Å². The van der Waals surface area contributed by atoms with E-state index >= 15 is 0 Å². The normalized spacial score (nSPS) is 30.6. The number of carboxylic acid groups (broad SMARTS) is 1. The lowest BCUT2D eigenvalue weighted by molar-refractivity contribution is -0.158. The van der Waals surface area contributed by atoms with Crippen molar-refractivity contribution in [1.29, 1.82) is 0 Å². The van der Waals surface area contributed by atoms with Crippen LogP contribution in [0.1, 0.15) is 46.5 Å². The van der Waals surface area contributed by atoms with Crippen molar-refractivity contribution in [3.8, 4) is 0 Å². The Labute approximate surface area is 102 Å². The molecule has 0 aliphatic heterocycles. The van der Waals surface area contributed by atoms with Crippen LogP contribution in [-0.2, 0) is 14.3 Å². The topological polar surface area (TPSA) is 63.6 Å². The second-order valence-electron chi connectivity index (χ2n) is 5.10. The Morgan fingerprint density at radius 3 is 2.53 bits per heavy atom. The van der Waals surface area contributed by atoms with Gasteiger partial charge in [0.1, 0.15) is 6.10 Å². The van der Waals surface area contributed by atoms with Gasteiger partial charge in [0.25, 0.3) is 0 Å². The summed E-state index contributed by atoms with van der Waals surface area (Å²) in [5.41, 5.74) is 0. The fourth-order valence-corrected chi connectivity index (χ4v) is 2.27. The Morgan fingerprint density at radius 2 is 2.06 bits per heavy atom. The molecule has 0 aromatic heterocycles. The summed E-state index contributed by atoms with van der Waals surface area (Å²) in [4.78, 5) is 22.6. The molecule has 0 heterocycles. The standard InChI is InChI=1S/C13H22O4/c1-4-8(2)13(16)17-10-5-6-11(12(14)15)9(3)7-10/h8-11H,4-7H2,1-3H3,(H,14,15). The summed E-state index contributed by atoms with van der Waals surface area (Å²) < 4.78 is 5.41. The van der Waals surface area contributed by atoms with Crippen LogP contribution in [0, 0.1) is 17.8 Å². The molecular weight excluding hydrogens is 220 g/mol. The lowest BCUT2D eigenvalue weighted by Gasteiger charge is -2.31. The molecule has 0 aromatic carbocycles. The summed E-state index contributed by atoms with van der Waals surface area (Å²) in [5, 5.41) is 9.00. The van der Waals surface area contributed by atoms with Crippen LogP contribution >= 0.6 is 0 Å². The summed E-state index contributed by atoms with van der Waals surface area (Å²) in [6.45, 7) is 5.73. The van der Waals surface area contributed by atoms with E-state index < -0.39 is 5.97 Å². The molecule has 4 atom stereocenters. The molecule has 1 N–H and O–H groups in total. The zero-order chi connectivity index (χ0) is 13.0. The van der Waals surface area contributed by atoms with Gasteiger partial charge >= 0.3 is 11.9 Å². The van der Waals surface area contributed by atoms with Gasteiger partial charge in [-0.15, -0.1) is 0 Å². The molecule has 17 heavy (non-hydrogen) atoms. The molecule has 0 spiro atoms. The molecule has 1 rings (SSSR count). The largest absolute Gasteiger partial charge is 0.481 e. The number of carbonyl (C=O) groups excluding carboxylic acids is 1. The summed E-state index contributed by atoms with van der Waals surface area (Å²) in [5.74, 6) is -1.16. The van der Waals surface area contributed by atoms with Crippen molar-refractivity contribution < 1.29 is 19.4 Å². The molecule has 1 aliphatic carbocycles. The maximum absolute atomic E-state index is 11.6. The van der Waals surface area contributed by atoms with Crippen LogP contribution in [0.2, 0.25) is 0 Å². The second-order valence-corrected chi connectivity index (χ2v) is 5.10. The summed E-state index contributed by atoms with van der Waals surface area (Å²) in [6.07, 6.45) is 2.62. The third kappa shape index (κ3) is 3.72. The number of ether oxygens (including phenoxy) is 1. The van der Waals surface area contributed by atoms with E-state index in [0.717, 1.165) is 6.42 Å². The number of carboxylic acids is 1. The number of carbonyl (C=O) groups is 2. The van der Waals surface area contributed by atoms with E-state index in [1.165, 1.54) is 0 Å². The van der Waals surface area contributed by atoms with E-state index in [-0.39, 0.29) is 29.8 Å². The molecule has 0 bridgehead atoms. The lowest BCUT2D eigenvalue weighted by atomic mass is 9.79. The zero-order valence-corrected chi connectivity index (χ0v) is 10.8. The number of hydrogen-bond acceptors (Lipinski definition) is 3. The average molecular weight is 242 g/mol. The van der Waals surface area contributed by atoms with Gasteiger partial charge in [0, 0.05) is 0 Å². The highest BCUT2D eigenvalue weighted by Gasteiger charge is 2.34. The molecule has 0 saturated heterocycles. The molecule has 1 aliphatic rings. The minimum Gasteiger partial charge on any atom is -0.481 e. The molecule has 0 amide bonds. The Hall–Kier alpha value is -1.06. The van der Waals surface area contributed by atoms with Crippen molar-refractivity contribution in [3.05, 3.63) is 0 Å². The van der Waals surface area contributed by atoms with Crippen molar-refractivity contribution in [2.24, 2.45) is 17.8 Å². The van der Waals surface area contributed by atoms with Crippen molar-refractivity contribution in [3.63, 3.8) is 0 Å². The van der Waals surface area contributed by atoms with Gasteiger partial charge in [-0.05, 0) is 31.6 Å². The maximum Gasteiger partial charge on any atom is 0.308 e. The molecule has 1 saturated carbocycles. The molecule has 4 nitrogen and oxygen atoms in total. The minimum absolute atomic E-state index is 0.0671. The van der Waals surface area contributed by atoms with Gasteiger partial charge in [-0.3, -0.25) is 9.59 Å². The number of rotatable bonds is 4. The first kappa shape index (κ1) is 14.0. The Morgan fingerprint density at radius 1 is 1.41 bits per heavy atom. The van der Waals surface area contributed by atoms with E-state index in [1.54, 1.807) is 0 Å². The Bertz CT molecular complexity index is 287. The molecule has 4 unspecified atom stereocenters. The first-order valence-electron chi connectivity index (χ1n) is 6.39. The van der Waals surface area contributed by atoms with Crippen molar-refractivity contribution in [1.82, 2.24) is 0 Å². The highest BCUT2D eigenvalue weighted by atomic mass is 16.5. The van der Waals surface area contributed by atoms with E-state index in [2.05, 4.69) is 0 Å². The molecule has 4 heteroatoms. The first-order chi connectivity index (χ1) is 7.95. The minimum atomic E-state index is -0.732. The third-order valence-electron chi connectivity index (χ3n) is 3.74. The predicted molar refractivity (Wildman–Crippen MR) is 63.5 cm³/mol. The van der Waals surface area contributed by atoms with E-state index in [4.69, 9.17) is 9.84 Å². The van der Waals surface area contributed by atoms with Gasteiger partial charge in [0.2, 0.25) is 0 Å². The Balaban J connectivity index is 2.45. The van der Waals surface area contributed by atoms with Gasteiger partial charge in [0.05, 0.1) is 11.8 Å². The van der Waals surface area contributed by atoms with Crippen molar-refractivity contribution >= 4 is 11.9 Å². The summed E-state index contributed by atoms with van der Waals surface area (Å²) >= 11 is 0. The van der Waals surface area contributed by atoms with Crippen LogP contribution in [0.15, 0.2) is 0 Å². The van der Waals surface area contributed by atoms with Crippen LogP contribution in [0.3, 0.4) is 0 Å². The monoisotopic (exact) mass is 242 g/mol. The van der Waals surface area contributed by atoms with Crippen LogP contribution < -0.4 is 0 Å². The van der Waals surface area contributed by atoms with Crippen LogP contribution in [0.4, 0.5) is 0 Å². The van der Waals surface area contributed by atoms with E-state index in [0.29, 0.717) is 19.3 Å². The first-order valence-corrected chi connectivity index (χ1v) is 6.39. The highest BCUT2D eigenvalue weighted by molar-refractivity contribution is 5.72. The van der Waals surface area contributed by atoms with Crippen molar-refractivity contribution in [2.45, 2.75) is 52.6 Å². The number of esters is 1. The van der Waals surface area contributed by atoms with Gasteiger partial charge in [-0.1, -0.05) is 20.8 Å². The zero-order valence-electron chi connectivity index (χ0n) is 10.8. The fourth-order valence-electron chi connectivity index (χ4n) is 2.27. The van der Waals surface area contributed by atoms with Crippen LogP contribution in [0.5, 0.6) is 0 Å². The Kier molecular flexibility index (Phi) is 4.97. The molecule has 1 fully saturated rings. The van der Waals surface area contributed by atoms with Gasteiger partial charge < -0.3 is 9.84 Å². The van der Waals surface area contributed by atoms with Gasteiger partial charge in [0.15, 0.2) is 0 Å². The predicted octanol–water partition coefficient (Wildman–Crippen LogP) is 2.47. The van der Waals surface area contributed by atoms with Crippen molar-refractivity contribution in [2.75, 3.05) is 0 Å².